The van der Waals surface area contributed by atoms with Gasteiger partial charge in [0.1, 0.15) is 0 Å². The molecule has 1 aromatic rings. The van der Waals surface area contributed by atoms with Gasteiger partial charge in [0.15, 0.2) is 0 Å². The molecule has 0 spiro atoms. The molecule has 0 radical (unpaired) electrons. The van der Waals surface area contributed by atoms with Crippen molar-refractivity contribution in [3.05, 3.63) is 28.6 Å². The number of rotatable bonds is 3. The predicted octanol–water partition coefficient (Wildman–Crippen LogP) is 2.77. The van der Waals surface area contributed by atoms with Crippen LogP contribution in [0.4, 0.5) is 0 Å². The quantitative estimate of drug-likeness (QED) is 0.829. The van der Waals surface area contributed by atoms with Crippen molar-refractivity contribution >= 4 is 5.97 Å². The Morgan fingerprint density at radius 2 is 2.13 bits per heavy atom. The van der Waals surface area contributed by atoms with E-state index < -0.39 is 5.97 Å². The van der Waals surface area contributed by atoms with Crippen LogP contribution >= 0.6 is 0 Å². The fraction of sp³-hybridized carbons (Fsp3) is 0.500. The van der Waals surface area contributed by atoms with Crippen molar-refractivity contribution in [3.8, 4) is 0 Å². The molecule has 1 N–H and O–H groups in total. The number of aromatic carboxylic acids is 1. The Balaban J connectivity index is 3.38. The van der Waals surface area contributed by atoms with Crippen molar-refractivity contribution < 1.29 is 9.90 Å². The first-order chi connectivity index (χ1) is 6.97. The molecule has 3 heteroatoms. The highest BCUT2D eigenvalue weighted by Crippen LogP contribution is 2.20. The van der Waals surface area contributed by atoms with E-state index in [1.807, 2.05) is 27.7 Å². The molecule has 0 aliphatic carbocycles. The summed E-state index contributed by atoms with van der Waals surface area (Å²) in [6.07, 6.45) is 0.839. The summed E-state index contributed by atoms with van der Waals surface area (Å²) in [6, 6.07) is 1.73. The zero-order chi connectivity index (χ0) is 11.6. The SMILES string of the molecule is CCc1nc(C(C)C)c(C(=O)O)cc1C. The molecule has 0 aliphatic heterocycles. The molecule has 3 nitrogen and oxygen atoms in total. The smallest absolute Gasteiger partial charge is 0.337 e. The van der Waals surface area contributed by atoms with Crippen LogP contribution in [-0.2, 0) is 6.42 Å². The minimum Gasteiger partial charge on any atom is -0.478 e. The standard InChI is InChI=1S/C12H17NO2/c1-5-10-8(4)6-9(12(14)15)11(13-10)7(2)3/h6-7H,5H2,1-4H3,(H,14,15). The molecule has 0 atom stereocenters. The lowest BCUT2D eigenvalue weighted by molar-refractivity contribution is 0.0694. The summed E-state index contributed by atoms with van der Waals surface area (Å²) >= 11 is 0. The Morgan fingerprint density at radius 3 is 2.53 bits per heavy atom. The zero-order valence-corrected chi connectivity index (χ0v) is 9.66. The summed E-state index contributed by atoms with van der Waals surface area (Å²) in [5, 5.41) is 9.06. The summed E-state index contributed by atoms with van der Waals surface area (Å²) in [4.78, 5) is 15.5. The lowest BCUT2D eigenvalue weighted by Crippen LogP contribution is -2.09. The number of hydrogen-bond acceptors (Lipinski definition) is 2. The van der Waals surface area contributed by atoms with Gasteiger partial charge < -0.3 is 5.11 Å². The van der Waals surface area contributed by atoms with Gasteiger partial charge in [-0.2, -0.15) is 0 Å². The van der Waals surface area contributed by atoms with Crippen LogP contribution < -0.4 is 0 Å². The normalized spacial score (nSPS) is 10.7. The van der Waals surface area contributed by atoms with Crippen LogP contribution in [-0.4, -0.2) is 16.1 Å². The largest absolute Gasteiger partial charge is 0.478 e. The molecule has 0 aliphatic rings. The number of carboxylic acid groups (broad SMARTS) is 1. The third-order valence-corrected chi connectivity index (χ3v) is 2.46. The van der Waals surface area contributed by atoms with Crippen molar-refractivity contribution in [2.24, 2.45) is 0 Å². The number of aromatic nitrogens is 1. The minimum absolute atomic E-state index is 0.141. The second kappa shape index (κ2) is 4.43. The van der Waals surface area contributed by atoms with Crippen LogP contribution in [0.3, 0.4) is 0 Å². The van der Waals surface area contributed by atoms with E-state index in [1.54, 1.807) is 6.07 Å². The van der Waals surface area contributed by atoms with Crippen LogP contribution in [0.15, 0.2) is 6.07 Å². The fourth-order valence-corrected chi connectivity index (χ4v) is 1.64. The highest BCUT2D eigenvalue weighted by Gasteiger charge is 2.16. The zero-order valence-electron chi connectivity index (χ0n) is 9.66. The Hall–Kier alpha value is -1.38. The van der Waals surface area contributed by atoms with Crippen molar-refractivity contribution in [1.29, 1.82) is 0 Å². The average molecular weight is 207 g/mol. The molecule has 0 amide bonds. The van der Waals surface area contributed by atoms with Crippen molar-refractivity contribution in [3.63, 3.8) is 0 Å². The van der Waals surface area contributed by atoms with Gasteiger partial charge in [0.25, 0.3) is 0 Å². The van der Waals surface area contributed by atoms with Gasteiger partial charge in [0.2, 0.25) is 0 Å². The van der Waals surface area contributed by atoms with Gasteiger partial charge in [-0.15, -0.1) is 0 Å². The van der Waals surface area contributed by atoms with Gasteiger partial charge in [0.05, 0.1) is 11.3 Å². The van der Waals surface area contributed by atoms with Crippen LogP contribution in [0.2, 0.25) is 0 Å². The Labute approximate surface area is 90.2 Å². The fourth-order valence-electron chi connectivity index (χ4n) is 1.64. The number of aryl methyl sites for hydroxylation is 2. The van der Waals surface area contributed by atoms with E-state index in [9.17, 15) is 4.79 Å². The van der Waals surface area contributed by atoms with E-state index in [1.165, 1.54) is 0 Å². The third kappa shape index (κ3) is 2.35. The van der Waals surface area contributed by atoms with Crippen LogP contribution in [0.5, 0.6) is 0 Å². The van der Waals surface area contributed by atoms with Crippen molar-refractivity contribution in [2.45, 2.75) is 40.0 Å². The number of pyridine rings is 1. The molecule has 0 aromatic carbocycles. The van der Waals surface area contributed by atoms with Gasteiger partial charge in [-0.25, -0.2) is 4.79 Å². The molecule has 0 unspecified atom stereocenters. The monoisotopic (exact) mass is 207 g/mol. The lowest BCUT2D eigenvalue weighted by atomic mass is 10.00. The molecular formula is C12H17NO2. The van der Waals surface area contributed by atoms with E-state index in [0.717, 1.165) is 17.7 Å². The molecule has 1 heterocycles. The second-order valence-corrected chi connectivity index (χ2v) is 4.00. The first-order valence-corrected chi connectivity index (χ1v) is 5.21. The first kappa shape index (κ1) is 11.7. The predicted molar refractivity (Wildman–Crippen MR) is 59.4 cm³/mol. The molecule has 82 valence electrons. The molecule has 1 aromatic heterocycles. The van der Waals surface area contributed by atoms with Crippen molar-refractivity contribution in [1.82, 2.24) is 4.98 Å². The molecule has 0 saturated carbocycles. The summed E-state index contributed by atoms with van der Waals surface area (Å²) in [6.45, 7) is 7.86. The average Bonchev–Trinajstić information content (AvgIpc) is 2.16. The number of carboxylic acids is 1. The van der Waals surface area contributed by atoms with Crippen molar-refractivity contribution in [2.75, 3.05) is 0 Å². The Bertz CT molecular complexity index is 383. The van der Waals surface area contributed by atoms with Crippen LogP contribution in [0, 0.1) is 6.92 Å². The highest BCUT2D eigenvalue weighted by atomic mass is 16.4. The Kier molecular flexibility index (Phi) is 3.45. The topological polar surface area (TPSA) is 50.2 Å². The molecule has 1 rings (SSSR count). The maximum Gasteiger partial charge on any atom is 0.337 e. The first-order valence-electron chi connectivity index (χ1n) is 5.21. The van der Waals surface area contributed by atoms with Gasteiger partial charge in [-0.1, -0.05) is 20.8 Å². The minimum atomic E-state index is -0.892. The van der Waals surface area contributed by atoms with Gasteiger partial charge in [-0.05, 0) is 30.9 Å². The third-order valence-electron chi connectivity index (χ3n) is 2.46. The molecule has 0 bridgehead atoms. The molecular weight excluding hydrogens is 190 g/mol. The van der Waals surface area contributed by atoms with E-state index in [4.69, 9.17) is 5.11 Å². The van der Waals surface area contributed by atoms with Gasteiger partial charge >= 0.3 is 5.97 Å². The maximum absolute atomic E-state index is 11.0. The maximum atomic E-state index is 11.0. The number of hydrogen-bond donors (Lipinski definition) is 1. The summed E-state index contributed by atoms with van der Waals surface area (Å²) in [7, 11) is 0. The number of carbonyl (C=O) groups is 1. The second-order valence-electron chi connectivity index (χ2n) is 4.00. The van der Waals surface area contributed by atoms with Gasteiger partial charge in [-0.3, -0.25) is 4.98 Å². The molecule has 0 fully saturated rings. The summed E-state index contributed by atoms with van der Waals surface area (Å²) in [5.74, 6) is -0.751. The summed E-state index contributed by atoms with van der Waals surface area (Å²) in [5.41, 5.74) is 2.97. The Morgan fingerprint density at radius 1 is 1.53 bits per heavy atom. The van der Waals surface area contributed by atoms with Gasteiger partial charge in [0, 0.05) is 5.69 Å². The van der Waals surface area contributed by atoms with E-state index in [-0.39, 0.29) is 5.92 Å². The molecule has 0 saturated heterocycles. The van der Waals surface area contributed by atoms with Crippen LogP contribution in [0.25, 0.3) is 0 Å². The number of nitrogens with zero attached hydrogens (tertiary/aromatic N) is 1. The molecule has 15 heavy (non-hydrogen) atoms. The van der Waals surface area contributed by atoms with E-state index in [2.05, 4.69) is 4.98 Å². The summed E-state index contributed by atoms with van der Waals surface area (Å²) < 4.78 is 0. The van der Waals surface area contributed by atoms with E-state index >= 15 is 0 Å². The highest BCUT2D eigenvalue weighted by molar-refractivity contribution is 5.89. The van der Waals surface area contributed by atoms with E-state index in [0.29, 0.717) is 11.3 Å². The van der Waals surface area contributed by atoms with Crippen LogP contribution in [0.1, 0.15) is 54.0 Å². The lowest BCUT2D eigenvalue weighted by Gasteiger charge is -2.12.